The molecule has 1 N–H and O–H groups in total. The van der Waals surface area contributed by atoms with Gasteiger partial charge in [-0.3, -0.25) is 4.79 Å². The Kier molecular flexibility index (Phi) is 4.50. The Balaban J connectivity index is 1.80. The lowest BCUT2D eigenvalue weighted by Crippen LogP contribution is -2.13. The van der Waals surface area contributed by atoms with Gasteiger partial charge in [0.2, 0.25) is 0 Å². The average Bonchev–Trinajstić information content (AvgIpc) is 2.98. The first kappa shape index (κ1) is 17.7. The van der Waals surface area contributed by atoms with Crippen LogP contribution >= 0.6 is 0 Å². The number of benzene rings is 2. The first-order valence-corrected chi connectivity index (χ1v) is 7.46. The van der Waals surface area contributed by atoms with E-state index in [1.54, 1.807) is 0 Å². The van der Waals surface area contributed by atoms with E-state index in [2.05, 4.69) is 14.7 Å². The molecule has 0 aliphatic heterocycles. The quantitative estimate of drug-likeness (QED) is 0.661. The van der Waals surface area contributed by atoms with Crippen LogP contribution in [-0.4, -0.2) is 10.9 Å². The molecule has 0 saturated carbocycles. The Bertz CT molecular complexity index is 947. The molecule has 0 aliphatic carbocycles. The second kappa shape index (κ2) is 6.62. The minimum absolute atomic E-state index is 0.0282. The van der Waals surface area contributed by atoms with Crippen LogP contribution in [0.1, 0.15) is 22.0 Å². The Morgan fingerprint density at radius 3 is 2.31 bits per heavy atom. The molecule has 0 bridgehead atoms. The molecular formula is C18H12F4N2O2. The number of halogens is 4. The number of aryl methyl sites for hydroxylation is 1. The number of aromatic nitrogens is 1. The summed E-state index contributed by atoms with van der Waals surface area (Å²) < 4.78 is 56.2. The second-order valence-corrected chi connectivity index (χ2v) is 5.43. The van der Waals surface area contributed by atoms with E-state index in [0.717, 1.165) is 0 Å². The normalized spacial score (nSPS) is 11.4. The summed E-state index contributed by atoms with van der Waals surface area (Å²) in [5, 5.41) is 2.52. The molecule has 0 spiro atoms. The molecule has 0 radical (unpaired) electrons. The molecule has 4 nitrogen and oxygen atoms in total. The van der Waals surface area contributed by atoms with Crippen molar-refractivity contribution in [2.75, 3.05) is 5.32 Å². The number of rotatable bonds is 3. The Morgan fingerprint density at radius 1 is 1.08 bits per heavy atom. The number of carbonyl (C=O) groups excluding carboxylic acids is 1. The Morgan fingerprint density at radius 2 is 1.73 bits per heavy atom. The van der Waals surface area contributed by atoms with Crippen molar-refractivity contribution in [2.45, 2.75) is 13.1 Å². The van der Waals surface area contributed by atoms with E-state index in [4.69, 9.17) is 0 Å². The fraction of sp³-hybridized carbons (Fsp3) is 0.111. The van der Waals surface area contributed by atoms with Gasteiger partial charge in [-0.2, -0.15) is 13.2 Å². The fourth-order valence-electron chi connectivity index (χ4n) is 2.34. The molecule has 0 atom stereocenters. The lowest BCUT2D eigenvalue weighted by Gasteiger charge is -2.07. The standard InChI is InChI=1S/C18H12F4N2O2/c1-10-15(24-17(26-10)18(20,21)22)11-6-8-12(9-7-11)23-16(25)13-4-2-3-5-14(13)19/h2-9H,1H3,(H,23,25). The van der Waals surface area contributed by atoms with Gasteiger partial charge in [-0.15, -0.1) is 0 Å². The number of alkyl halides is 3. The van der Waals surface area contributed by atoms with Gasteiger partial charge < -0.3 is 9.73 Å². The monoisotopic (exact) mass is 364 g/mol. The van der Waals surface area contributed by atoms with Gasteiger partial charge in [0.05, 0.1) is 5.56 Å². The third kappa shape index (κ3) is 3.58. The van der Waals surface area contributed by atoms with Crippen LogP contribution in [-0.2, 0) is 6.18 Å². The molecule has 26 heavy (non-hydrogen) atoms. The summed E-state index contributed by atoms with van der Waals surface area (Å²) in [6.45, 7) is 1.38. The number of oxazole rings is 1. The summed E-state index contributed by atoms with van der Waals surface area (Å²) >= 11 is 0. The Hall–Kier alpha value is -3.16. The zero-order valence-corrected chi connectivity index (χ0v) is 13.4. The topological polar surface area (TPSA) is 55.1 Å². The number of amides is 1. The van der Waals surface area contributed by atoms with Crippen LogP contribution in [0.2, 0.25) is 0 Å². The van der Waals surface area contributed by atoms with Crippen molar-refractivity contribution in [3.8, 4) is 11.3 Å². The molecule has 0 unspecified atom stereocenters. The number of hydrogen-bond acceptors (Lipinski definition) is 3. The SMILES string of the molecule is Cc1oc(C(F)(F)F)nc1-c1ccc(NC(=O)c2ccccc2F)cc1. The third-order valence-electron chi connectivity index (χ3n) is 3.57. The number of nitrogens with zero attached hydrogens (tertiary/aromatic N) is 1. The van der Waals surface area contributed by atoms with Crippen LogP contribution in [0.3, 0.4) is 0 Å². The highest BCUT2D eigenvalue weighted by Crippen LogP contribution is 2.33. The summed E-state index contributed by atoms with van der Waals surface area (Å²) in [7, 11) is 0. The van der Waals surface area contributed by atoms with Gasteiger partial charge >= 0.3 is 12.1 Å². The van der Waals surface area contributed by atoms with E-state index >= 15 is 0 Å². The molecule has 1 amide bonds. The highest BCUT2D eigenvalue weighted by atomic mass is 19.4. The number of nitrogens with one attached hydrogen (secondary N) is 1. The van der Waals surface area contributed by atoms with Crippen LogP contribution in [0.25, 0.3) is 11.3 Å². The predicted molar refractivity (Wildman–Crippen MR) is 86.0 cm³/mol. The molecule has 3 aromatic rings. The summed E-state index contributed by atoms with van der Waals surface area (Å²) in [5.41, 5.74) is 0.702. The summed E-state index contributed by atoms with van der Waals surface area (Å²) in [6.07, 6.45) is -4.67. The van der Waals surface area contributed by atoms with Crippen molar-refractivity contribution in [3.05, 3.63) is 71.6 Å². The predicted octanol–water partition coefficient (Wildman–Crippen LogP) is 5.06. The molecular weight excluding hydrogens is 352 g/mol. The van der Waals surface area contributed by atoms with Gasteiger partial charge in [-0.05, 0) is 31.2 Å². The largest absolute Gasteiger partial charge is 0.468 e. The molecule has 1 heterocycles. The molecule has 2 aromatic carbocycles. The van der Waals surface area contributed by atoms with Crippen molar-refractivity contribution in [1.82, 2.24) is 4.98 Å². The van der Waals surface area contributed by atoms with E-state index in [9.17, 15) is 22.4 Å². The maximum atomic E-state index is 13.6. The smallest absolute Gasteiger partial charge is 0.438 e. The van der Waals surface area contributed by atoms with Crippen LogP contribution in [0.4, 0.5) is 23.2 Å². The van der Waals surface area contributed by atoms with E-state index in [-0.39, 0.29) is 17.0 Å². The van der Waals surface area contributed by atoms with E-state index in [1.165, 1.54) is 55.5 Å². The first-order chi connectivity index (χ1) is 12.3. The van der Waals surface area contributed by atoms with Crippen LogP contribution in [0, 0.1) is 12.7 Å². The molecule has 134 valence electrons. The van der Waals surface area contributed by atoms with Crippen LogP contribution in [0.15, 0.2) is 52.9 Å². The highest BCUT2D eigenvalue weighted by molar-refractivity contribution is 6.04. The summed E-state index contributed by atoms with van der Waals surface area (Å²) in [6, 6.07) is 11.5. The number of carbonyl (C=O) groups is 1. The minimum atomic E-state index is -4.67. The van der Waals surface area contributed by atoms with Crippen LogP contribution in [0.5, 0.6) is 0 Å². The molecule has 0 saturated heterocycles. The zero-order chi connectivity index (χ0) is 18.9. The summed E-state index contributed by atoms with van der Waals surface area (Å²) in [4.78, 5) is 15.5. The zero-order valence-electron chi connectivity index (χ0n) is 13.4. The second-order valence-electron chi connectivity index (χ2n) is 5.43. The first-order valence-electron chi connectivity index (χ1n) is 7.46. The number of hydrogen-bond donors (Lipinski definition) is 1. The number of anilines is 1. The maximum Gasteiger partial charge on any atom is 0.468 e. The third-order valence-corrected chi connectivity index (χ3v) is 3.57. The molecule has 0 aliphatic rings. The maximum absolute atomic E-state index is 13.6. The van der Waals surface area contributed by atoms with Gasteiger partial charge in [-0.1, -0.05) is 24.3 Å². The van der Waals surface area contributed by atoms with E-state index in [1.807, 2.05) is 0 Å². The Labute approximate surface area is 145 Å². The van der Waals surface area contributed by atoms with Crippen LogP contribution < -0.4 is 5.32 Å². The van der Waals surface area contributed by atoms with Gasteiger partial charge in [0.15, 0.2) is 0 Å². The van der Waals surface area contributed by atoms with Crippen molar-refractivity contribution in [3.63, 3.8) is 0 Å². The fourth-order valence-corrected chi connectivity index (χ4v) is 2.34. The van der Waals surface area contributed by atoms with Crippen molar-refractivity contribution in [1.29, 1.82) is 0 Å². The van der Waals surface area contributed by atoms with Gasteiger partial charge in [0.1, 0.15) is 17.3 Å². The lowest BCUT2D eigenvalue weighted by atomic mass is 10.1. The minimum Gasteiger partial charge on any atom is -0.438 e. The van der Waals surface area contributed by atoms with Gasteiger partial charge in [-0.25, -0.2) is 9.37 Å². The van der Waals surface area contributed by atoms with E-state index < -0.39 is 23.8 Å². The molecule has 1 aromatic heterocycles. The van der Waals surface area contributed by atoms with Crippen molar-refractivity contribution >= 4 is 11.6 Å². The van der Waals surface area contributed by atoms with Gasteiger partial charge in [0, 0.05) is 11.3 Å². The molecule has 0 fully saturated rings. The average molecular weight is 364 g/mol. The highest BCUT2D eigenvalue weighted by Gasteiger charge is 2.38. The summed E-state index contributed by atoms with van der Waals surface area (Å²) in [5.74, 6) is -2.57. The van der Waals surface area contributed by atoms with E-state index in [0.29, 0.717) is 11.3 Å². The van der Waals surface area contributed by atoms with Crippen molar-refractivity contribution in [2.24, 2.45) is 0 Å². The van der Waals surface area contributed by atoms with Gasteiger partial charge in [0.25, 0.3) is 5.91 Å². The lowest BCUT2D eigenvalue weighted by molar-refractivity contribution is -0.157. The van der Waals surface area contributed by atoms with Crippen molar-refractivity contribution < 1.29 is 26.8 Å². The molecule has 3 rings (SSSR count). The molecule has 8 heteroatoms.